The molecule has 4 rings (SSSR count). The fourth-order valence-corrected chi connectivity index (χ4v) is 3.96. The second kappa shape index (κ2) is 8.06. The maximum absolute atomic E-state index is 11.6. The van der Waals surface area contributed by atoms with Crippen LogP contribution < -0.4 is 15.2 Å². The van der Waals surface area contributed by atoms with Crippen molar-refractivity contribution >= 4 is 11.7 Å². The molecular formula is C24H24N2O4. The molecule has 1 heterocycles. The normalized spacial score (nSPS) is 12.9. The summed E-state index contributed by atoms with van der Waals surface area (Å²) in [5.74, 6) is 0.415. The third-order valence-electron chi connectivity index (χ3n) is 5.65. The van der Waals surface area contributed by atoms with Gasteiger partial charge in [-0.2, -0.15) is 0 Å². The Balaban J connectivity index is 1.70. The highest BCUT2D eigenvalue weighted by Crippen LogP contribution is 2.38. The molecule has 0 atom stereocenters. The summed E-state index contributed by atoms with van der Waals surface area (Å²) < 4.78 is 11.3. The van der Waals surface area contributed by atoms with Gasteiger partial charge in [0.05, 0.1) is 12.8 Å². The van der Waals surface area contributed by atoms with Crippen LogP contribution in [0.2, 0.25) is 0 Å². The molecule has 3 N–H and O–H groups in total. The molecule has 30 heavy (non-hydrogen) atoms. The van der Waals surface area contributed by atoms with Crippen LogP contribution in [0.25, 0.3) is 11.1 Å². The van der Waals surface area contributed by atoms with Crippen molar-refractivity contribution in [3.63, 3.8) is 0 Å². The minimum atomic E-state index is -1.05. The Labute approximate surface area is 175 Å². The van der Waals surface area contributed by atoms with E-state index in [0.717, 1.165) is 36.1 Å². The van der Waals surface area contributed by atoms with Crippen LogP contribution in [-0.2, 0) is 12.8 Å². The first-order chi connectivity index (χ1) is 14.5. The second-order valence-electron chi connectivity index (χ2n) is 7.44. The fraction of sp³-hybridized carbons (Fsp3) is 0.250. The number of pyridine rings is 1. The first-order valence-electron chi connectivity index (χ1n) is 9.95. The average molecular weight is 404 g/mol. The van der Waals surface area contributed by atoms with Gasteiger partial charge in [0.15, 0.2) is 0 Å². The molecule has 0 amide bonds. The van der Waals surface area contributed by atoms with E-state index in [1.165, 1.54) is 24.7 Å². The number of carboxylic acid groups (broad SMARTS) is 1. The highest BCUT2D eigenvalue weighted by atomic mass is 16.5. The maximum Gasteiger partial charge on any atom is 0.339 e. The van der Waals surface area contributed by atoms with Gasteiger partial charge in [0.1, 0.15) is 17.1 Å². The van der Waals surface area contributed by atoms with Gasteiger partial charge in [-0.15, -0.1) is 0 Å². The minimum Gasteiger partial charge on any atom is -0.496 e. The van der Waals surface area contributed by atoms with Gasteiger partial charge in [-0.1, -0.05) is 18.2 Å². The molecule has 6 heteroatoms. The summed E-state index contributed by atoms with van der Waals surface area (Å²) in [5.41, 5.74) is 11.7. The van der Waals surface area contributed by atoms with Crippen molar-refractivity contribution in [1.82, 2.24) is 4.98 Å². The summed E-state index contributed by atoms with van der Waals surface area (Å²) in [6, 6.07) is 11.1. The summed E-state index contributed by atoms with van der Waals surface area (Å²) >= 11 is 0. The Morgan fingerprint density at radius 2 is 1.93 bits per heavy atom. The van der Waals surface area contributed by atoms with Crippen LogP contribution in [-0.4, -0.2) is 23.2 Å². The van der Waals surface area contributed by atoms with Gasteiger partial charge in [0.25, 0.3) is 0 Å². The molecule has 1 aromatic heterocycles. The second-order valence-corrected chi connectivity index (χ2v) is 7.44. The Morgan fingerprint density at radius 1 is 1.13 bits per heavy atom. The zero-order valence-corrected chi connectivity index (χ0v) is 17.1. The lowest BCUT2D eigenvalue weighted by Gasteiger charge is -2.20. The molecule has 0 spiro atoms. The lowest BCUT2D eigenvalue weighted by molar-refractivity contribution is 0.0693. The molecule has 0 unspecified atom stereocenters. The molecule has 154 valence electrons. The molecule has 0 radical (unpaired) electrons. The molecule has 0 saturated carbocycles. The standard InChI is InChI=1S/C24H24N2O4/c1-14-19(16-10-11-20(29-2)18(12-16)24(27)28)13-26-23(22(14)25)30-21-9-5-7-15-6-3-4-8-17(15)21/h5,7,9-13H,3-4,6,8,25H2,1-2H3,(H,27,28). The number of hydrogen-bond donors (Lipinski definition) is 2. The quantitative estimate of drug-likeness (QED) is 0.620. The lowest BCUT2D eigenvalue weighted by Crippen LogP contribution is -2.06. The number of aromatic nitrogens is 1. The molecule has 3 aromatic rings. The van der Waals surface area contributed by atoms with E-state index in [4.69, 9.17) is 15.2 Å². The molecular weight excluding hydrogens is 380 g/mol. The summed E-state index contributed by atoms with van der Waals surface area (Å²) in [6.45, 7) is 1.88. The van der Waals surface area contributed by atoms with E-state index in [1.54, 1.807) is 24.4 Å². The molecule has 6 nitrogen and oxygen atoms in total. The van der Waals surface area contributed by atoms with Crippen molar-refractivity contribution in [2.75, 3.05) is 12.8 Å². The monoisotopic (exact) mass is 404 g/mol. The number of anilines is 1. The van der Waals surface area contributed by atoms with Gasteiger partial charge >= 0.3 is 5.97 Å². The van der Waals surface area contributed by atoms with Crippen LogP contribution in [0.4, 0.5) is 5.69 Å². The van der Waals surface area contributed by atoms with Gasteiger partial charge in [0, 0.05) is 11.8 Å². The molecule has 1 aliphatic carbocycles. The largest absolute Gasteiger partial charge is 0.496 e. The molecule has 0 bridgehead atoms. The highest BCUT2D eigenvalue weighted by molar-refractivity contribution is 5.93. The van der Waals surface area contributed by atoms with Gasteiger partial charge in [0.2, 0.25) is 5.88 Å². The van der Waals surface area contributed by atoms with Gasteiger partial charge in [-0.05, 0) is 73.1 Å². The SMILES string of the molecule is COc1ccc(-c2cnc(Oc3cccc4c3CCCC4)c(N)c2C)cc1C(=O)O. The first kappa shape index (κ1) is 19.8. The lowest BCUT2D eigenvalue weighted by atomic mass is 9.91. The Bertz CT molecular complexity index is 1120. The molecule has 1 aliphatic rings. The number of nitrogens with two attached hydrogens (primary N) is 1. The van der Waals surface area contributed by atoms with Crippen LogP contribution in [0.15, 0.2) is 42.6 Å². The summed E-state index contributed by atoms with van der Waals surface area (Å²) in [5, 5.41) is 9.46. The van der Waals surface area contributed by atoms with E-state index < -0.39 is 5.97 Å². The van der Waals surface area contributed by atoms with Crippen LogP contribution in [0.5, 0.6) is 17.4 Å². The van der Waals surface area contributed by atoms with Crippen molar-refractivity contribution in [2.24, 2.45) is 0 Å². The van der Waals surface area contributed by atoms with E-state index >= 15 is 0 Å². The van der Waals surface area contributed by atoms with E-state index in [1.807, 2.05) is 19.1 Å². The first-order valence-corrected chi connectivity index (χ1v) is 9.95. The number of aryl methyl sites for hydroxylation is 1. The van der Waals surface area contributed by atoms with Crippen LogP contribution in [0.1, 0.15) is 39.9 Å². The van der Waals surface area contributed by atoms with Crippen LogP contribution in [0, 0.1) is 6.92 Å². The molecule has 0 saturated heterocycles. The van der Waals surface area contributed by atoms with Crippen molar-refractivity contribution in [3.05, 3.63) is 64.8 Å². The van der Waals surface area contributed by atoms with Crippen LogP contribution >= 0.6 is 0 Å². The number of nitrogens with zero attached hydrogens (tertiary/aromatic N) is 1. The third kappa shape index (κ3) is 3.56. The number of benzene rings is 2. The average Bonchev–Trinajstić information content (AvgIpc) is 2.77. The van der Waals surface area contributed by atoms with E-state index in [-0.39, 0.29) is 5.56 Å². The van der Waals surface area contributed by atoms with E-state index in [2.05, 4.69) is 11.1 Å². The van der Waals surface area contributed by atoms with Gasteiger partial charge in [-0.3, -0.25) is 0 Å². The van der Waals surface area contributed by atoms with Gasteiger partial charge < -0.3 is 20.3 Å². The topological polar surface area (TPSA) is 94.7 Å². The predicted molar refractivity (Wildman–Crippen MR) is 115 cm³/mol. The predicted octanol–water partition coefficient (Wildman–Crippen LogP) is 5.02. The maximum atomic E-state index is 11.6. The van der Waals surface area contributed by atoms with Crippen molar-refractivity contribution in [3.8, 4) is 28.5 Å². The number of ether oxygens (including phenoxy) is 2. The number of hydrogen-bond acceptors (Lipinski definition) is 5. The fourth-order valence-electron chi connectivity index (χ4n) is 3.96. The minimum absolute atomic E-state index is 0.0872. The molecule has 0 fully saturated rings. The Kier molecular flexibility index (Phi) is 5.31. The number of rotatable bonds is 5. The molecule has 2 aromatic carbocycles. The Morgan fingerprint density at radius 3 is 2.70 bits per heavy atom. The zero-order chi connectivity index (χ0) is 21.3. The van der Waals surface area contributed by atoms with E-state index in [9.17, 15) is 9.90 Å². The summed E-state index contributed by atoms with van der Waals surface area (Å²) in [4.78, 5) is 16.0. The van der Waals surface area contributed by atoms with Crippen molar-refractivity contribution in [2.45, 2.75) is 32.6 Å². The smallest absolute Gasteiger partial charge is 0.339 e. The zero-order valence-electron chi connectivity index (χ0n) is 17.1. The Hall–Kier alpha value is -3.54. The van der Waals surface area contributed by atoms with Crippen molar-refractivity contribution in [1.29, 1.82) is 0 Å². The number of methoxy groups -OCH3 is 1. The number of carboxylic acids is 1. The van der Waals surface area contributed by atoms with E-state index in [0.29, 0.717) is 22.9 Å². The summed E-state index contributed by atoms with van der Waals surface area (Å²) in [7, 11) is 1.45. The third-order valence-corrected chi connectivity index (χ3v) is 5.65. The molecule has 0 aliphatic heterocycles. The number of fused-ring (bicyclic) bond motifs is 1. The highest BCUT2D eigenvalue weighted by Gasteiger charge is 2.19. The van der Waals surface area contributed by atoms with Crippen molar-refractivity contribution < 1.29 is 19.4 Å². The number of carbonyl (C=O) groups is 1. The van der Waals surface area contributed by atoms with Crippen LogP contribution in [0.3, 0.4) is 0 Å². The number of aromatic carboxylic acids is 1. The summed E-state index contributed by atoms with van der Waals surface area (Å²) in [6.07, 6.45) is 6.08. The van der Waals surface area contributed by atoms with Gasteiger partial charge in [-0.25, -0.2) is 9.78 Å². The number of nitrogen functional groups attached to an aromatic ring is 1.